The molecule has 206 valence electrons. The minimum Gasteiger partial charge on any atom is -0.463 e. The first kappa shape index (κ1) is 31.8. The first-order chi connectivity index (χ1) is 17.7. The van der Waals surface area contributed by atoms with Crippen molar-refractivity contribution in [3.8, 4) is 0 Å². The number of ether oxygens (including phenoxy) is 6. The summed E-state index contributed by atoms with van der Waals surface area (Å²) in [6.45, 7) is 8.97. The van der Waals surface area contributed by atoms with Crippen LogP contribution in [0.3, 0.4) is 0 Å². The van der Waals surface area contributed by atoms with Gasteiger partial charge in [0.25, 0.3) is 0 Å². The number of benzene rings is 1. The molecule has 0 fully saturated rings. The van der Waals surface area contributed by atoms with Crippen molar-refractivity contribution in [2.45, 2.75) is 52.4 Å². The Balaban J connectivity index is 1.84. The van der Waals surface area contributed by atoms with Gasteiger partial charge in [-0.1, -0.05) is 33.1 Å². The number of rotatable bonds is 24. The summed E-state index contributed by atoms with van der Waals surface area (Å²) in [4.78, 5) is 23.5. The summed E-state index contributed by atoms with van der Waals surface area (Å²) in [7, 11) is 0. The summed E-state index contributed by atoms with van der Waals surface area (Å²) in [5.41, 5.74) is 1.51. The van der Waals surface area contributed by atoms with Gasteiger partial charge in [-0.15, -0.1) is 0 Å². The minimum atomic E-state index is -0.362. The second-order valence-electron chi connectivity index (χ2n) is 8.12. The second-order valence-corrected chi connectivity index (χ2v) is 8.12. The monoisotopic (exact) mass is 511 g/mol. The van der Waals surface area contributed by atoms with Crippen LogP contribution in [0.2, 0.25) is 0 Å². The van der Waals surface area contributed by atoms with Crippen molar-refractivity contribution in [1.82, 2.24) is 0 Å². The van der Waals surface area contributed by atoms with Crippen molar-refractivity contribution in [3.05, 3.63) is 29.8 Å². The fourth-order valence-electron chi connectivity index (χ4n) is 2.98. The Labute approximate surface area is 216 Å². The third kappa shape index (κ3) is 18.1. The molecular weight excluding hydrogens is 466 g/mol. The standard InChI is InChI=1S/C27H45NO8/c1-3-5-7-8-26(29)35-22-20-33-18-16-31-14-15-32-17-19-34-21-23-36-27(30)24-9-11-25(12-10-24)28-13-6-4-2/h9-12,28H,3-8,13-23H2,1-2H3. The van der Waals surface area contributed by atoms with Crippen LogP contribution in [0.5, 0.6) is 0 Å². The summed E-state index contributed by atoms with van der Waals surface area (Å²) in [6.07, 6.45) is 5.73. The van der Waals surface area contributed by atoms with Gasteiger partial charge in [0.05, 0.1) is 58.4 Å². The van der Waals surface area contributed by atoms with Crippen molar-refractivity contribution in [2.75, 3.05) is 77.9 Å². The van der Waals surface area contributed by atoms with E-state index in [1.54, 1.807) is 12.1 Å². The van der Waals surface area contributed by atoms with Crippen LogP contribution in [-0.4, -0.2) is 84.6 Å². The largest absolute Gasteiger partial charge is 0.463 e. The van der Waals surface area contributed by atoms with Crippen molar-refractivity contribution >= 4 is 17.6 Å². The molecule has 0 radical (unpaired) electrons. The molecule has 1 N–H and O–H groups in total. The number of carbonyl (C=O) groups is 2. The third-order valence-electron chi connectivity index (χ3n) is 5.03. The number of nitrogens with one attached hydrogen (secondary N) is 1. The van der Waals surface area contributed by atoms with Crippen molar-refractivity contribution in [2.24, 2.45) is 0 Å². The van der Waals surface area contributed by atoms with E-state index in [-0.39, 0.29) is 25.2 Å². The van der Waals surface area contributed by atoms with E-state index >= 15 is 0 Å². The maximum atomic E-state index is 12.1. The van der Waals surface area contributed by atoms with Gasteiger partial charge in [-0.05, 0) is 37.1 Å². The molecule has 0 saturated heterocycles. The van der Waals surface area contributed by atoms with Gasteiger partial charge < -0.3 is 33.7 Å². The Kier molecular flexibility index (Phi) is 20.5. The zero-order valence-corrected chi connectivity index (χ0v) is 22.1. The zero-order chi connectivity index (χ0) is 26.1. The summed E-state index contributed by atoms with van der Waals surface area (Å²) >= 11 is 0. The Bertz CT molecular complexity index is 668. The summed E-state index contributed by atoms with van der Waals surface area (Å²) in [6, 6.07) is 7.28. The third-order valence-corrected chi connectivity index (χ3v) is 5.03. The summed E-state index contributed by atoms with van der Waals surface area (Å²) in [5.74, 6) is -0.526. The van der Waals surface area contributed by atoms with Crippen molar-refractivity contribution in [3.63, 3.8) is 0 Å². The topological polar surface area (TPSA) is 102 Å². The maximum absolute atomic E-state index is 12.1. The van der Waals surface area contributed by atoms with E-state index in [2.05, 4.69) is 19.2 Å². The molecule has 1 aromatic rings. The Hall–Kier alpha value is -2.20. The molecule has 9 nitrogen and oxygen atoms in total. The van der Waals surface area contributed by atoms with Crippen LogP contribution >= 0.6 is 0 Å². The maximum Gasteiger partial charge on any atom is 0.338 e. The first-order valence-electron chi connectivity index (χ1n) is 13.1. The molecule has 0 aromatic heterocycles. The van der Waals surface area contributed by atoms with E-state index < -0.39 is 0 Å². The number of hydrogen-bond donors (Lipinski definition) is 1. The number of hydrogen-bond acceptors (Lipinski definition) is 9. The molecular formula is C27H45NO8. The number of unbranched alkanes of at least 4 members (excludes halogenated alkanes) is 3. The smallest absolute Gasteiger partial charge is 0.338 e. The highest BCUT2D eigenvalue weighted by molar-refractivity contribution is 5.89. The molecule has 0 atom stereocenters. The predicted octanol–water partition coefficient (Wildman–Crippen LogP) is 4.25. The summed E-state index contributed by atoms with van der Waals surface area (Å²) in [5, 5.41) is 3.31. The van der Waals surface area contributed by atoms with Gasteiger partial charge in [0, 0.05) is 18.7 Å². The van der Waals surface area contributed by atoms with Crippen LogP contribution in [0.15, 0.2) is 24.3 Å². The van der Waals surface area contributed by atoms with Crippen molar-refractivity contribution in [1.29, 1.82) is 0 Å². The lowest BCUT2D eigenvalue weighted by atomic mass is 10.2. The van der Waals surface area contributed by atoms with Gasteiger partial charge in [0.15, 0.2) is 0 Å². The highest BCUT2D eigenvalue weighted by Crippen LogP contribution is 2.10. The quantitative estimate of drug-likeness (QED) is 0.161. The van der Waals surface area contributed by atoms with Crippen LogP contribution < -0.4 is 5.32 Å². The SMILES string of the molecule is CCCCCC(=O)OCCOCCOCCOCCOCCOC(=O)c1ccc(NCCCC)cc1. The average molecular weight is 512 g/mol. The fraction of sp³-hybridized carbons (Fsp3) is 0.704. The van der Waals surface area contributed by atoms with Gasteiger partial charge in [-0.2, -0.15) is 0 Å². The van der Waals surface area contributed by atoms with Gasteiger partial charge in [-0.25, -0.2) is 4.79 Å². The average Bonchev–Trinajstić information content (AvgIpc) is 2.89. The van der Waals surface area contributed by atoms with E-state index in [0.717, 1.165) is 44.3 Å². The molecule has 0 bridgehead atoms. The van der Waals surface area contributed by atoms with E-state index in [0.29, 0.717) is 64.8 Å². The normalized spacial score (nSPS) is 10.8. The van der Waals surface area contributed by atoms with Gasteiger partial charge in [0.1, 0.15) is 13.2 Å². The molecule has 0 spiro atoms. The number of anilines is 1. The molecule has 0 aliphatic rings. The highest BCUT2D eigenvalue weighted by atomic mass is 16.6. The molecule has 0 aliphatic carbocycles. The Morgan fingerprint density at radius 2 is 1.14 bits per heavy atom. The Morgan fingerprint density at radius 3 is 1.67 bits per heavy atom. The predicted molar refractivity (Wildman–Crippen MR) is 138 cm³/mol. The molecule has 0 amide bonds. The molecule has 36 heavy (non-hydrogen) atoms. The van der Waals surface area contributed by atoms with Crippen LogP contribution in [0.1, 0.15) is 62.7 Å². The Morgan fingerprint density at radius 1 is 0.639 bits per heavy atom. The molecule has 0 aliphatic heterocycles. The number of carbonyl (C=O) groups excluding carboxylic acids is 2. The van der Waals surface area contributed by atoms with Gasteiger partial charge in [0.2, 0.25) is 0 Å². The van der Waals surface area contributed by atoms with Crippen LogP contribution in [0.4, 0.5) is 5.69 Å². The fourth-order valence-corrected chi connectivity index (χ4v) is 2.98. The lowest BCUT2D eigenvalue weighted by Crippen LogP contribution is -2.15. The van der Waals surface area contributed by atoms with Crippen molar-refractivity contribution < 1.29 is 38.0 Å². The highest BCUT2D eigenvalue weighted by Gasteiger charge is 2.07. The van der Waals surface area contributed by atoms with Crippen LogP contribution in [0, 0.1) is 0 Å². The molecule has 0 saturated carbocycles. The molecule has 9 heteroatoms. The molecule has 0 unspecified atom stereocenters. The van der Waals surface area contributed by atoms with Gasteiger partial charge in [-0.3, -0.25) is 4.79 Å². The second kappa shape index (κ2) is 23.2. The first-order valence-corrected chi connectivity index (χ1v) is 13.1. The lowest BCUT2D eigenvalue weighted by Gasteiger charge is -2.09. The van der Waals surface area contributed by atoms with E-state index in [1.165, 1.54) is 0 Å². The molecule has 1 aromatic carbocycles. The molecule has 0 heterocycles. The van der Waals surface area contributed by atoms with E-state index in [1.807, 2.05) is 12.1 Å². The van der Waals surface area contributed by atoms with Crippen LogP contribution in [0.25, 0.3) is 0 Å². The van der Waals surface area contributed by atoms with E-state index in [9.17, 15) is 9.59 Å². The number of esters is 2. The lowest BCUT2D eigenvalue weighted by molar-refractivity contribution is -0.145. The van der Waals surface area contributed by atoms with Crippen LogP contribution in [-0.2, 0) is 33.2 Å². The summed E-state index contributed by atoms with van der Waals surface area (Å²) < 4.78 is 31.9. The van der Waals surface area contributed by atoms with E-state index in [4.69, 9.17) is 28.4 Å². The zero-order valence-electron chi connectivity index (χ0n) is 22.1. The van der Waals surface area contributed by atoms with Gasteiger partial charge >= 0.3 is 11.9 Å². The minimum absolute atomic E-state index is 0.165. The molecule has 1 rings (SSSR count).